The Hall–Kier alpha value is -2.19. The number of nitrogens with zero attached hydrogens (tertiary/aromatic N) is 1. The van der Waals surface area contributed by atoms with Gasteiger partial charge in [-0.3, -0.25) is 10.1 Å². The molecule has 6 nitrogen and oxygen atoms in total. The number of rotatable bonds is 10. The van der Waals surface area contributed by atoms with Crippen LogP contribution >= 0.6 is 0 Å². The summed E-state index contributed by atoms with van der Waals surface area (Å²) in [6.45, 7) is 0. The molecule has 0 aliphatic heterocycles. The predicted octanol–water partition coefficient (Wildman–Crippen LogP) is 2.77. The normalized spacial score (nSPS) is 19.8. The third-order valence-electron chi connectivity index (χ3n) is 5.45. The lowest BCUT2D eigenvalue weighted by atomic mass is 10.0. The van der Waals surface area contributed by atoms with Crippen molar-refractivity contribution in [2.24, 2.45) is 5.92 Å². The van der Waals surface area contributed by atoms with Crippen molar-refractivity contribution >= 4 is 15.7 Å². The van der Waals surface area contributed by atoms with Crippen molar-refractivity contribution in [3.63, 3.8) is 0 Å². The molecule has 0 bridgehead atoms. The highest BCUT2D eigenvalue weighted by atomic mass is 32.2. The van der Waals surface area contributed by atoms with Crippen molar-refractivity contribution in [1.29, 1.82) is 5.26 Å². The Labute approximate surface area is 177 Å². The number of hydrogen-bond acceptors (Lipinski definition) is 5. The van der Waals surface area contributed by atoms with Gasteiger partial charge in [0.2, 0.25) is 5.91 Å². The molecule has 2 aliphatic rings. The number of nitrogens with one attached hydrogen (secondary N) is 2. The van der Waals surface area contributed by atoms with E-state index in [9.17, 15) is 36.0 Å². The summed E-state index contributed by atoms with van der Waals surface area (Å²) >= 11 is 0. The molecule has 3 rings (SSSR count). The summed E-state index contributed by atoms with van der Waals surface area (Å²) < 4.78 is 78.9. The SMILES string of the molecule is N#CC1(NC(=O)C(CCS(=O)(=O)CC2CC2)N[C@@H](c2ccc(F)cc2)C(F)(F)F)CC1. The van der Waals surface area contributed by atoms with Gasteiger partial charge < -0.3 is 5.32 Å². The number of carbonyl (C=O) groups is 1. The Bertz CT molecular complexity index is 949. The highest BCUT2D eigenvalue weighted by Gasteiger charge is 2.47. The van der Waals surface area contributed by atoms with Gasteiger partial charge in [0.05, 0.1) is 23.6 Å². The molecule has 0 aromatic heterocycles. The number of amides is 1. The zero-order valence-corrected chi connectivity index (χ0v) is 17.4. The molecule has 1 amide bonds. The lowest BCUT2D eigenvalue weighted by molar-refractivity contribution is -0.161. The Balaban J connectivity index is 1.79. The predicted molar refractivity (Wildman–Crippen MR) is 104 cm³/mol. The Morgan fingerprint density at radius 3 is 2.32 bits per heavy atom. The first kappa shape index (κ1) is 23.5. The van der Waals surface area contributed by atoms with Crippen LogP contribution in [0.25, 0.3) is 0 Å². The van der Waals surface area contributed by atoms with E-state index in [1.165, 1.54) is 0 Å². The first-order chi connectivity index (χ1) is 14.4. The standard InChI is InChI=1S/C20H23F4N3O3S/c21-15-5-3-14(4-6-15)17(20(22,23)24)26-16(18(28)27-19(12-25)8-9-19)7-10-31(29,30)11-13-1-2-13/h3-6,13,16-17,26H,1-2,7-11H2,(H,27,28)/t16?,17-/m0/s1. The Kier molecular flexibility index (Phi) is 6.62. The molecule has 170 valence electrons. The monoisotopic (exact) mass is 461 g/mol. The number of hydrogen-bond donors (Lipinski definition) is 2. The van der Waals surface area contributed by atoms with Gasteiger partial charge in [-0.2, -0.15) is 18.4 Å². The van der Waals surface area contributed by atoms with E-state index in [2.05, 4.69) is 10.6 Å². The first-order valence-corrected chi connectivity index (χ1v) is 11.8. The third-order valence-corrected chi connectivity index (χ3v) is 7.28. The summed E-state index contributed by atoms with van der Waals surface area (Å²) in [6.07, 6.45) is -2.85. The first-order valence-electron chi connectivity index (χ1n) is 9.95. The van der Waals surface area contributed by atoms with E-state index in [0.29, 0.717) is 12.8 Å². The van der Waals surface area contributed by atoms with E-state index in [1.807, 2.05) is 6.07 Å². The van der Waals surface area contributed by atoms with Crippen LogP contribution in [0.1, 0.15) is 43.7 Å². The van der Waals surface area contributed by atoms with Gasteiger partial charge in [0.1, 0.15) is 17.4 Å². The molecule has 0 saturated heterocycles. The molecule has 2 aliphatic carbocycles. The molecule has 0 radical (unpaired) electrons. The van der Waals surface area contributed by atoms with Gasteiger partial charge in [-0.25, -0.2) is 12.8 Å². The lowest BCUT2D eigenvalue weighted by Gasteiger charge is -2.28. The van der Waals surface area contributed by atoms with Crippen molar-refractivity contribution in [3.8, 4) is 6.07 Å². The molecule has 1 unspecified atom stereocenters. The number of nitriles is 1. The average molecular weight is 461 g/mol. The van der Waals surface area contributed by atoms with Crippen LogP contribution in [0.15, 0.2) is 24.3 Å². The molecular weight excluding hydrogens is 438 g/mol. The van der Waals surface area contributed by atoms with Crippen LogP contribution in [-0.4, -0.2) is 43.6 Å². The minimum Gasteiger partial charge on any atom is -0.336 e. The van der Waals surface area contributed by atoms with Crippen LogP contribution in [0.4, 0.5) is 17.6 Å². The quantitative estimate of drug-likeness (QED) is 0.522. The van der Waals surface area contributed by atoms with Crippen molar-refractivity contribution in [2.45, 2.75) is 55.9 Å². The van der Waals surface area contributed by atoms with E-state index in [0.717, 1.165) is 37.1 Å². The molecular formula is C20H23F4N3O3S. The van der Waals surface area contributed by atoms with Crippen molar-refractivity contribution in [2.75, 3.05) is 11.5 Å². The van der Waals surface area contributed by atoms with Crippen LogP contribution in [0, 0.1) is 23.1 Å². The summed E-state index contributed by atoms with van der Waals surface area (Å²) in [5, 5.41) is 13.8. The van der Waals surface area contributed by atoms with E-state index in [1.54, 1.807) is 0 Å². The van der Waals surface area contributed by atoms with Gasteiger partial charge in [0.25, 0.3) is 0 Å². The van der Waals surface area contributed by atoms with Gasteiger partial charge in [0.15, 0.2) is 9.84 Å². The van der Waals surface area contributed by atoms with Gasteiger partial charge in [-0.15, -0.1) is 0 Å². The van der Waals surface area contributed by atoms with E-state index >= 15 is 0 Å². The highest BCUT2D eigenvalue weighted by Crippen LogP contribution is 2.36. The maximum absolute atomic E-state index is 13.7. The molecule has 31 heavy (non-hydrogen) atoms. The third kappa shape index (κ3) is 6.64. The van der Waals surface area contributed by atoms with Gasteiger partial charge in [-0.1, -0.05) is 12.1 Å². The number of sulfone groups is 1. The van der Waals surface area contributed by atoms with Crippen LogP contribution < -0.4 is 10.6 Å². The van der Waals surface area contributed by atoms with E-state index < -0.39 is 51.1 Å². The van der Waals surface area contributed by atoms with Gasteiger partial charge in [-0.05, 0) is 55.7 Å². The topological polar surface area (TPSA) is 99.1 Å². The summed E-state index contributed by atoms with van der Waals surface area (Å²) in [6, 6.07) is 1.77. The lowest BCUT2D eigenvalue weighted by Crippen LogP contribution is -2.52. The minimum atomic E-state index is -4.82. The molecule has 0 spiro atoms. The molecule has 11 heteroatoms. The average Bonchev–Trinajstić information content (AvgIpc) is 3.60. The van der Waals surface area contributed by atoms with Crippen molar-refractivity contribution in [1.82, 2.24) is 10.6 Å². The molecule has 2 atom stereocenters. The fourth-order valence-electron chi connectivity index (χ4n) is 3.26. The highest BCUT2D eigenvalue weighted by molar-refractivity contribution is 7.91. The van der Waals surface area contributed by atoms with Crippen LogP contribution in [0.5, 0.6) is 0 Å². The maximum Gasteiger partial charge on any atom is 0.407 e. The van der Waals surface area contributed by atoms with Gasteiger partial charge >= 0.3 is 6.18 Å². The second-order valence-corrected chi connectivity index (χ2v) is 10.5. The molecule has 0 heterocycles. The maximum atomic E-state index is 13.7. The molecule has 2 saturated carbocycles. The molecule has 1 aromatic carbocycles. The number of carbonyl (C=O) groups excluding carboxylic acids is 1. The zero-order valence-electron chi connectivity index (χ0n) is 16.6. The molecule has 2 N–H and O–H groups in total. The van der Waals surface area contributed by atoms with Crippen LogP contribution in [0.3, 0.4) is 0 Å². The summed E-state index contributed by atoms with van der Waals surface area (Å²) in [5.74, 6) is -2.01. The Morgan fingerprint density at radius 2 is 1.84 bits per heavy atom. The minimum absolute atomic E-state index is 0.0515. The largest absolute Gasteiger partial charge is 0.407 e. The second kappa shape index (κ2) is 8.74. The summed E-state index contributed by atoms with van der Waals surface area (Å²) in [7, 11) is -3.54. The number of benzene rings is 1. The van der Waals surface area contributed by atoms with Crippen LogP contribution in [-0.2, 0) is 14.6 Å². The zero-order chi connectivity index (χ0) is 22.9. The van der Waals surface area contributed by atoms with Gasteiger partial charge in [0, 0.05) is 0 Å². The van der Waals surface area contributed by atoms with Crippen molar-refractivity contribution < 1.29 is 30.8 Å². The summed E-state index contributed by atoms with van der Waals surface area (Å²) in [4.78, 5) is 12.7. The summed E-state index contributed by atoms with van der Waals surface area (Å²) in [5.41, 5.74) is -1.43. The molecule has 1 aromatic rings. The van der Waals surface area contributed by atoms with E-state index in [-0.39, 0.29) is 23.7 Å². The fourth-order valence-corrected chi connectivity index (χ4v) is 5.08. The molecule has 2 fully saturated rings. The van der Waals surface area contributed by atoms with E-state index in [4.69, 9.17) is 0 Å². The van der Waals surface area contributed by atoms with Crippen molar-refractivity contribution in [3.05, 3.63) is 35.6 Å². The fraction of sp³-hybridized carbons (Fsp3) is 0.600. The van der Waals surface area contributed by atoms with Crippen LogP contribution in [0.2, 0.25) is 0 Å². The smallest absolute Gasteiger partial charge is 0.336 e. The Morgan fingerprint density at radius 1 is 1.23 bits per heavy atom. The second-order valence-electron chi connectivity index (χ2n) is 8.28. The number of halogens is 4. The number of alkyl halides is 3.